The van der Waals surface area contributed by atoms with Crippen molar-refractivity contribution in [3.63, 3.8) is 0 Å². The summed E-state index contributed by atoms with van der Waals surface area (Å²) >= 11 is 0. The van der Waals surface area contributed by atoms with Crippen molar-refractivity contribution in [3.05, 3.63) is 72.6 Å². The van der Waals surface area contributed by atoms with Crippen LogP contribution in [0.5, 0.6) is 0 Å². The average Bonchev–Trinajstić information content (AvgIpc) is 3.34. The van der Waals surface area contributed by atoms with Crippen LogP contribution in [0.2, 0.25) is 0 Å². The first kappa shape index (κ1) is 14.5. The van der Waals surface area contributed by atoms with E-state index in [0.29, 0.717) is 6.04 Å². The van der Waals surface area contributed by atoms with E-state index in [1.807, 2.05) is 29.8 Å². The maximum Gasteiger partial charge on any atom is 0.114 e. The molecule has 0 saturated heterocycles. The highest BCUT2D eigenvalue weighted by Crippen LogP contribution is 2.27. The third-order valence-corrected chi connectivity index (χ3v) is 4.41. The van der Waals surface area contributed by atoms with Crippen LogP contribution in [0.15, 0.2) is 72.1 Å². The van der Waals surface area contributed by atoms with Gasteiger partial charge in [0.25, 0.3) is 0 Å². The van der Waals surface area contributed by atoms with E-state index in [4.69, 9.17) is 0 Å². The number of nitrogens with zero attached hydrogens (tertiary/aromatic N) is 4. The maximum absolute atomic E-state index is 4.54. The normalized spacial score (nSPS) is 15.0. The predicted octanol–water partition coefficient (Wildman–Crippen LogP) is 3.86. The summed E-state index contributed by atoms with van der Waals surface area (Å²) in [7, 11) is 0. The zero-order valence-electron chi connectivity index (χ0n) is 13.5. The quantitative estimate of drug-likeness (QED) is 0.795. The zero-order valence-corrected chi connectivity index (χ0v) is 13.5. The Kier molecular flexibility index (Phi) is 3.75. The Labute approximate surface area is 141 Å². The van der Waals surface area contributed by atoms with Gasteiger partial charge in [-0.15, -0.1) is 0 Å². The molecule has 0 amide bonds. The predicted molar refractivity (Wildman–Crippen MR) is 96.6 cm³/mol. The van der Waals surface area contributed by atoms with E-state index in [0.717, 1.165) is 23.5 Å². The van der Waals surface area contributed by atoms with E-state index < -0.39 is 0 Å². The lowest BCUT2D eigenvalue weighted by Crippen LogP contribution is -2.29. The summed E-state index contributed by atoms with van der Waals surface area (Å²) in [6.07, 6.45) is 5.64. The molecule has 0 saturated carbocycles. The number of benzene rings is 2. The topological polar surface area (TPSA) is 47.5 Å². The molecule has 2 aromatic carbocycles. The number of nitrogens with one attached hydrogen (secondary N) is 1. The van der Waals surface area contributed by atoms with Gasteiger partial charge in [0.05, 0.1) is 17.9 Å². The van der Waals surface area contributed by atoms with Crippen LogP contribution in [0.1, 0.15) is 18.5 Å². The molecule has 0 bridgehead atoms. The molecule has 1 atom stereocenters. The fraction of sp³-hybridized carbons (Fsp3) is 0.158. The Bertz CT molecular complexity index is 809. The molecular weight excluding hydrogens is 298 g/mol. The van der Waals surface area contributed by atoms with E-state index in [9.17, 15) is 0 Å². The van der Waals surface area contributed by atoms with E-state index in [1.54, 1.807) is 0 Å². The minimum absolute atomic E-state index is 0.296. The molecule has 120 valence electrons. The molecule has 2 heterocycles. The molecule has 1 N–H and O–H groups in total. The second-order valence-electron chi connectivity index (χ2n) is 5.91. The Morgan fingerprint density at radius 3 is 2.50 bits per heavy atom. The van der Waals surface area contributed by atoms with Crippen LogP contribution >= 0.6 is 0 Å². The number of aromatic amines is 1. The first-order valence-electron chi connectivity index (χ1n) is 8.03. The standard InChI is InChI=1S/C19H19N5/c1-15(16-5-3-2-4-6-16)23-13-22-24(14-23)19-9-7-17(8-10-19)18-11-20-21-12-18/h2-13,15H,14H2,1H3,(H,20,21). The molecule has 0 aliphatic carbocycles. The van der Waals surface area contributed by atoms with Crippen LogP contribution in [-0.2, 0) is 0 Å². The Morgan fingerprint density at radius 1 is 1.00 bits per heavy atom. The first-order chi connectivity index (χ1) is 11.8. The summed E-state index contributed by atoms with van der Waals surface area (Å²) in [5.74, 6) is 0. The van der Waals surface area contributed by atoms with E-state index in [2.05, 4.69) is 75.7 Å². The van der Waals surface area contributed by atoms with Crippen LogP contribution in [-0.4, -0.2) is 28.1 Å². The number of hydrogen-bond donors (Lipinski definition) is 1. The fourth-order valence-corrected chi connectivity index (χ4v) is 2.88. The third-order valence-electron chi connectivity index (χ3n) is 4.41. The van der Waals surface area contributed by atoms with Gasteiger partial charge in [-0.1, -0.05) is 42.5 Å². The molecule has 24 heavy (non-hydrogen) atoms. The van der Waals surface area contributed by atoms with Crippen molar-refractivity contribution >= 4 is 12.0 Å². The lowest BCUT2D eigenvalue weighted by atomic mass is 10.1. The van der Waals surface area contributed by atoms with Crippen LogP contribution < -0.4 is 5.01 Å². The lowest BCUT2D eigenvalue weighted by molar-refractivity contribution is 0.368. The molecular formula is C19H19N5. The van der Waals surface area contributed by atoms with Gasteiger partial charge in [-0.2, -0.15) is 10.2 Å². The van der Waals surface area contributed by atoms with Gasteiger partial charge in [-0.05, 0) is 30.2 Å². The Morgan fingerprint density at radius 2 is 1.79 bits per heavy atom. The summed E-state index contributed by atoms with van der Waals surface area (Å²) in [5, 5.41) is 13.4. The highest BCUT2D eigenvalue weighted by atomic mass is 15.6. The summed E-state index contributed by atoms with van der Waals surface area (Å²) in [5.41, 5.74) is 4.61. The van der Waals surface area contributed by atoms with Crippen molar-refractivity contribution in [2.24, 2.45) is 5.10 Å². The number of aromatic nitrogens is 2. The SMILES string of the molecule is CC(c1ccccc1)N1C=NN(c2ccc(-c3cn[nH]c3)cc2)C1. The first-order valence-corrected chi connectivity index (χ1v) is 8.03. The van der Waals surface area contributed by atoms with Gasteiger partial charge in [-0.3, -0.25) is 5.10 Å². The van der Waals surface area contributed by atoms with Gasteiger partial charge in [0, 0.05) is 11.8 Å². The Balaban J connectivity index is 1.46. The van der Waals surface area contributed by atoms with Gasteiger partial charge in [0.15, 0.2) is 0 Å². The molecule has 0 radical (unpaired) electrons. The number of hydrogen-bond acceptors (Lipinski definition) is 4. The average molecular weight is 317 g/mol. The van der Waals surface area contributed by atoms with Crippen molar-refractivity contribution < 1.29 is 0 Å². The van der Waals surface area contributed by atoms with Crippen LogP contribution in [0.25, 0.3) is 11.1 Å². The summed E-state index contributed by atoms with van der Waals surface area (Å²) in [6, 6.07) is 19.2. The van der Waals surface area contributed by atoms with Crippen LogP contribution in [0.4, 0.5) is 5.69 Å². The van der Waals surface area contributed by atoms with E-state index in [-0.39, 0.29) is 0 Å². The lowest BCUT2D eigenvalue weighted by Gasteiger charge is -2.25. The molecule has 0 spiro atoms. The molecule has 4 rings (SSSR count). The minimum atomic E-state index is 0.296. The van der Waals surface area contributed by atoms with Crippen molar-refractivity contribution in [2.45, 2.75) is 13.0 Å². The van der Waals surface area contributed by atoms with Crippen molar-refractivity contribution in [3.8, 4) is 11.1 Å². The molecule has 5 heteroatoms. The van der Waals surface area contributed by atoms with Crippen molar-refractivity contribution in [1.29, 1.82) is 0 Å². The number of anilines is 1. The fourth-order valence-electron chi connectivity index (χ4n) is 2.88. The molecule has 1 aromatic heterocycles. The monoisotopic (exact) mass is 317 g/mol. The second kappa shape index (κ2) is 6.20. The Hall–Kier alpha value is -3.08. The molecule has 1 aliphatic rings. The number of H-pyrrole nitrogens is 1. The summed E-state index contributed by atoms with van der Waals surface area (Å²) in [6.45, 7) is 2.95. The maximum atomic E-state index is 4.54. The number of hydrazone groups is 1. The summed E-state index contributed by atoms with van der Waals surface area (Å²) in [4.78, 5) is 2.24. The second-order valence-corrected chi connectivity index (χ2v) is 5.91. The molecule has 0 fully saturated rings. The highest BCUT2D eigenvalue weighted by Gasteiger charge is 2.21. The highest BCUT2D eigenvalue weighted by molar-refractivity contribution is 5.67. The molecule has 1 unspecified atom stereocenters. The van der Waals surface area contributed by atoms with E-state index >= 15 is 0 Å². The van der Waals surface area contributed by atoms with E-state index in [1.165, 1.54) is 5.56 Å². The van der Waals surface area contributed by atoms with Gasteiger partial charge in [0.2, 0.25) is 0 Å². The molecule has 5 nitrogen and oxygen atoms in total. The van der Waals surface area contributed by atoms with Crippen LogP contribution in [0, 0.1) is 0 Å². The smallest absolute Gasteiger partial charge is 0.114 e. The zero-order chi connectivity index (χ0) is 16.4. The largest absolute Gasteiger partial charge is 0.335 e. The van der Waals surface area contributed by atoms with Gasteiger partial charge < -0.3 is 4.90 Å². The van der Waals surface area contributed by atoms with Gasteiger partial charge in [-0.25, -0.2) is 5.01 Å². The van der Waals surface area contributed by atoms with Gasteiger partial charge in [0.1, 0.15) is 13.0 Å². The number of rotatable bonds is 4. The summed E-state index contributed by atoms with van der Waals surface area (Å²) < 4.78 is 0. The third kappa shape index (κ3) is 2.76. The van der Waals surface area contributed by atoms with Gasteiger partial charge >= 0.3 is 0 Å². The molecule has 3 aromatic rings. The van der Waals surface area contributed by atoms with Crippen LogP contribution in [0.3, 0.4) is 0 Å². The van der Waals surface area contributed by atoms with Crippen molar-refractivity contribution in [1.82, 2.24) is 15.1 Å². The minimum Gasteiger partial charge on any atom is -0.335 e. The molecule has 1 aliphatic heterocycles. The van der Waals surface area contributed by atoms with Crippen molar-refractivity contribution in [2.75, 3.05) is 11.7 Å².